The number of ether oxygens (including phenoxy) is 1. The number of benzene rings is 1. The summed E-state index contributed by atoms with van der Waals surface area (Å²) in [5, 5.41) is 5.80. The Labute approximate surface area is 269 Å². The van der Waals surface area contributed by atoms with E-state index in [0.29, 0.717) is 61.0 Å². The van der Waals surface area contributed by atoms with Crippen molar-refractivity contribution in [2.75, 3.05) is 5.32 Å². The van der Waals surface area contributed by atoms with E-state index in [1.54, 1.807) is 0 Å². The maximum Gasteiger partial charge on any atom is 0.237 e. The fourth-order valence-corrected chi connectivity index (χ4v) is 9.59. The van der Waals surface area contributed by atoms with Crippen molar-refractivity contribution in [2.45, 2.75) is 137 Å². The van der Waals surface area contributed by atoms with Crippen LogP contribution in [0.2, 0.25) is 0 Å². The Bertz CT molecular complexity index is 1360. The van der Waals surface area contributed by atoms with Crippen molar-refractivity contribution in [3.05, 3.63) is 41.2 Å². The second-order valence-corrected chi connectivity index (χ2v) is 15.3. The lowest BCUT2D eigenvalue weighted by Crippen LogP contribution is -2.51. The number of fused-ring (bicyclic) bond motifs is 5. The molecule has 4 fully saturated rings. The van der Waals surface area contributed by atoms with Gasteiger partial charge in [-0.05, 0) is 125 Å². The number of carbonyl (C=O) groups is 4. The quantitative estimate of drug-likeness (QED) is 0.322. The third-order valence-corrected chi connectivity index (χ3v) is 12.1. The average molecular weight is 619 g/mol. The van der Waals surface area contributed by atoms with Crippen LogP contribution in [0.15, 0.2) is 35.6 Å². The molecule has 1 aliphatic heterocycles. The van der Waals surface area contributed by atoms with E-state index in [1.165, 1.54) is 5.57 Å². The zero-order chi connectivity index (χ0) is 32.7. The molecule has 2 amide bonds. The molecule has 246 valence electrons. The van der Waals surface area contributed by atoms with E-state index in [2.05, 4.69) is 38.3 Å². The van der Waals surface area contributed by atoms with E-state index in [4.69, 9.17) is 4.74 Å². The van der Waals surface area contributed by atoms with Gasteiger partial charge in [-0.1, -0.05) is 32.9 Å². The van der Waals surface area contributed by atoms with Crippen LogP contribution in [0.5, 0.6) is 0 Å². The van der Waals surface area contributed by atoms with Gasteiger partial charge in [-0.15, -0.1) is 0 Å². The Balaban J connectivity index is 0.000000183. The second-order valence-electron chi connectivity index (χ2n) is 15.3. The Morgan fingerprint density at radius 3 is 2.16 bits per heavy atom. The van der Waals surface area contributed by atoms with Gasteiger partial charge in [-0.3, -0.25) is 24.5 Å². The van der Waals surface area contributed by atoms with E-state index in [1.807, 2.05) is 45.0 Å². The van der Waals surface area contributed by atoms with Crippen molar-refractivity contribution in [1.82, 2.24) is 5.32 Å². The van der Waals surface area contributed by atoms with Crippen LogP contribution in [-0.4, -0.2) is 35.5 Å². The maximum absolute atomic E-state index is 12.5. The number of ketones is 2. The summed E-state index contributed by atoms with van der Waals surface area (Å²) in [5.41, 5.74) is 2.78. The fraction of sp³-hybridized carbons (Fsp3) is 0.684. The molecule has 0 radical (unpaired) electrons. The lowest BCUT2D eigenvalue weighted by molar-refractivity contribution is -0.138. The molecule has 1 heterocycles. The summed E-state index contributed by atoms with van der Waals surface area (Å²) in [6.07, 6.45) is 9.46. The van der Waals surface area contributed by atoms with Crippen LogP contribution in [0.1, 0.15) is 125 Å². The smallest absolute Gasteiger partial charge is 0.237 e. The van der Waals surface area contributed by atoms with Gasteiger partial charge >= 0.3 is 0 Å². The standard InChI is InChI=1S/C22H32O3.C16H22N2O2/c1-13(2)25-20-17-6-5-14-15-7-8-19(24)22(15,4)11-9-16(14)21(17,3)12-10-18(20)23;1-4-16(10-9-14(19)18-15(16)20)12-5-7-13(8-6-12)17-11(2)3/h13-16H,5-12H2,1-4H3;5-8,11,17H,4,9-10H2,1-3H3,(H,18,19,20)/t14-,15-,16-,21+,22-;/m0./s1. The topological polar surface area (TPSA) is 102 Å². The number of hydrogen-bond donors (Lipinski definition) is 2. The van der Waals surface area contributed by atoms with Crippen LogP contribution in [-0.2, 0) is 29.3 Å². The van der Waals surface area contributed by atoms with Crippen molar-refractivity contribution in [2.24, 2.45) is 28.6 Å². The van der Waals surface area contributed by atoms with Crippen molar-refractivity contribution < 1.29 is 23.9 Å². The average Bonchev–Trinajstić information content (AvgIpc) is 3.29. The predicted molar refractivity (Wildman–Crippen MR) is 176 cm³/mol. The van der Waals surface area contributed by atoms with E-state index in [-0.39, 0.29) is 34.5 Å². The fourth-order valence-electron chi connectivity index (χ4n) is 9.59. The van der Waals surface area contributed by atoms with Crippen molar-refractivity contribution in [3.63, 3.8) is 0 Å². The van der Waals surface area contributed by atoms with Gasteiger partial charge in [0.25, 0.3) is 0 Å². The van der Waals surface area contributed by atoms with Crippen LogP contribution < -0.4 is 10.6 Å². The molecule has 7 heteroatoms. The number of rotatable bonds is 6. The molecule has 3 saturated carbocycles. The van der Waals surface area contributed by atoms with E-state index in [0.717, 1.165) is 56.2 Å². The van der Waals surface area contributed by atoms with Crippen molar-refractivity contribution >= 4 is 29.1 Å². The van der Waals surface area contributed by atoms with E-state index < -0.39 is 5.41 Å². The monoisotopic (exact) mass is 618 g/mol. The van der Waals surface area contributed by atoms with Gasteiger partial charge in [-0.2, -0.15) is 0 Å². The number of anilines is 1. The molecule has 6 atom stereocenters. The summed E-state index contributed by atoms with van der Waals surface area (Å²) in [7, 11) is 0. The van der Waals surface area contributed by atoms with Crippen molar-refractivity contribution in [1.29, 1.82) is 0 Å². The van der Waals surface area contributed by atoms with Gasteiger partial charge in [0.15, 0.2) is 11.5 Å². The number of imide groups is 1. The molecule has 45 heavy (non-hydrogen) atoms. The maximum atomic E-state index is 12.5. The lowest BCUT2D eigenvalue weighted by atomic mass is 9.47. The van der Waals surface area contributed by atoms with Crippen LogP contribution in [0.25, 0.3) is 0 Å². The number of Topliss-reactive ketones (excluding diaryl/α,β-unsaturated/α-hetero) is 2. The minimum Gasteiger partial charge on any atom is -0.487 e. The first-order valence-corrected chi connectivity index (χ1v) is 17.4. The molecule has 1 saturated heterocycles. The van der Waals surface area contributed by atoms with Crippen LogP contribution in [0.3, 0.4) is 0 Å². The minimum atomic E-state index is -0.565. The minimum absolute atomic E-state index is 0.0497. The predicted octanol–water partition coefficient (Wildman–Crippen LogP) is 7.43. The van der Waals surface area contributed by atoms with Gasteiger partial charge in [0.2, 0.25) is 11.8 Å². The molecule has 2 N–H and O–H groups in total. The Hall–Kier alpha value is -2.96. The van der Waals surface area contributed by atoms with E-state index >= 15 is 0 Å². The van der Waals surface area contributed by atoms with Gasteiger partial charge in [0.05, 0.1) is 11.5 Å². The van der Waals surface area contributed by atoms with Gasteiger partial charge < -0.3 is 10.1 Å². The number of nitrogens with one attached hydrogen (secondary N) is 2. The summed E-state index contributed by atoms with van der Waals surface area (Å²) in [4.78, 5) is 48.7. The molecule has 6 rings (SSSR count). The first-order chi connectivity index (χ1) is 21.2. The molecular weight excluding hydrogens is 564 g/mol. The normalized spacial score (nSPS) is 34.5. The summed E-state index contributed by atoms with van der Waals surface area (Å²) in [6, 6.07) is 8.34. The Morgan fingerprint density at radius 2 is 1.53 bits per heavy atom. The summed E-state index contributed by atoms with van der Waals surface area (Å²) in [6.45, 7) is 14.8. The zero-order valence-corrected chi connectivity index (χ0v) is 28.5. The lowest BCUT2D eigenvalue weighted by Gasteiger charge is -2.57. The highest BCUT2D eigenvalue weighted by atomic mass is 16.5. The Kier molecular flexibility index (Phi) is 9.41. The second kappa shape index (κ2) is 12.7. The molecule has 1 aromatic rings. The molecule has 0 spiro atoms. The molecule has 0 aromatic heterocycles. The first-order valence-electron chi connectivity index (χ1n) is 17.4. The van der Waals surface area contributed by atoms with Crippen molar-refractivity contribution in [3.8, 4) is 0 Å². The Morgan fingerprint density at radius 1 is 0.844 bits per heavy atom. The summed E-state index contributed by atoms with van der Waals surface area (Å²) < 4.78 is 6.02. The van der Waals surface area contributed by atoms with Crippen LogP contribution in [0.4, 0.5) is 5.69 Å². The highest BCUT2D eigenvalue weighted by molar-refractivity contribution is 6.03. The van der Waals surface area contributed by atoms with Crippen LogP contribution >= 0.6 is 0 Å². The molecular formula is C38H54N2O5. The molecule has 0 bridgehead atoms. The zero-order valence-electron chi connectivity index (χ0n) is 28.5. The van der Waals surface area contributed by atoms with Gasteiger partial charge in [0.1, 0.15) is 5.78 Å². The molecule has 4 aliphatic carbocycles. The van der Waals surface area contributed by atoms with Gasteiger partial charge in [0, 0.05) is 36.4 Å². The molecule has 1 unspecified atom stereocenters. The molecule has 1 aromatic carbocycles. The highest BCUT2D eigenvalue weighted by Crippen LogP contribution is 2.65. The van der Waals surface area contributed by atoms with E-state index in [9.17, 15) is 19.2 Å². The van der Waals surface area contributed by atoms with Gasteiger partial charge in [-0.25, -0.2) is 0 Å². The first kappa shape index (κ1) is 33.4. The molecule has 5 aliphatic rings. The largest absolute Gasteiger partial charge is 0.487 e. The molecule has 7 nitrogen and oxygen atoms in total. The van der Waals surface area contributed by atoms with Crippen LogP contribution in [0, 0.1) is 28.6 Å². The third kappa shape index (κ3) is 6.01. The number of piperidine rings is 1. The number of amides is 2. The summed E-state index contributed by atoms with van der Waals surface area (Å²) >= 11 is 0. The highest BCUT2D eigenvalue weighted by Gasteiger charge is 2.59. The number of hydrogen-bond acceptors (Lipinski definition) is 6. The summed E-state index contributed by atoms with van der Waals surface area (Å²) in [5.74, 6) is 2.88. The SMILES string of the molecule is CC(C)OC1=C2CC[C@@H]3[C@H](CC[C@]4(C)C(=O)CC[C@@H]34)[C@@]2(C)CCC1=O.CCC1(c2ccc(NC(C)C)cc2)CCC(=O)NC1=O. The number of allylic oxidation sites excluding steroid dienone is 1. The number of carbonyl (C=O) groups excluding carboxylic acids is 4. The third-order valence-electron chi connectivity index (χ3n) is 12.1.